The largest absolute Gasteiger partial charge is 0.371 e. The molecule has 6 nitrogen and oxygen atoms in total. The highest BCUT2D eigenvalue weighted by Crippen LogP contribution is 2.36. The minimum Gasteiger partial charge on any atom is -0.371 e. The highest BCUT2D eigenvalue weighted by Gasteiger charge is 2.30. The van der Waals surface area contributed by atoms with Crippen LogP contribution in [0.15, 0.2) is 28.8 Å². The van der Waals surface area contributed by atoms with Crippen LogP contribution in [0.5, 0.6) is 0 Å². The van der Waals surface area contributed by atoms with Crippen molar-refractivity contribution in [1.29, 1.82) is 0 Å². The number of sulfonamides is 1. The Kier molecular flexibility index (Phi) is 3.78. The Labute approximate surface area is 134 Å². The van der Waals surface area contributed by atoms with Crippen LogP contribution >= 0.6 is 11.6 Å². The molecular formula is C14H16ClN3O3S. The highest BCUT2D eigenvalue weighted by atomic mass is 35.5. The number of likely N-dealkylation sites (N-methyl/N-ethyl adjacent to an activating group) is 1. The van der Waals surface area contributed by atoms with E-state index in [0.717, 1.165) is 5.69 Å². The first-order valence-electron chi connectivity index (χ1n) is 6.80. The topological polar surface area (TPSA) is 66.7 Å². The van der Waals surface area contributed by atoms with Gasteiger partial charge >= 0.3 is 0 Å². The van der Waals surface area contributed by atoms with Gasteiger partial charge in [-0.3, -0.25) is 4.31 Å². The quantitative estimate of drug-likeness (QED) is 0.857. The first-order valence-corrected chi connectivity index (χ1v) is 8.79. The Morgan fingerprint density at radius 3 is 2.73 bits per heavy atom. The second-order valence-electron chi connectivity index (χ2n) is 5.31. The number of aryl methyl sites for hydroxylation is 1. The Hall–Kier alpha value is -1.73. The lowest BCUT2D eigenvalue weighted by Crippen LogP contribution is -2.43. The lowest BCUT2D eigenvalue weighted by Gasteiger charge is -2.36. The first kappa shape index (κ1) is 15.2. The van der Waals surface area contributed by atoms with E-state index >= 15 is 0 Å². The predicted octanol–water partition coefficient (Wildman–Crippen LogP) is 2.42. The molecule has 8 heteroatoms. The van der Waals surface area contributed by atoms with E-state index in [2.05, 4.69) is 5.16 Å². The third-order valence-corrected chi connectivity index (χ3v) is 5.55. The second-order valence-corrected chi connectivity index (χ2v) is 7.64. The fourth-order valence-electron chi connectivity index (χ4n) is 2.53. The standard InChI is InChI=1S/C14H16ClN3O3S/c1-10-7-12(16-21-10)9-22(19,20)18-6-5-17(2)14-8-11(15)3-4-13(14)18/h3-4,7-8H,5-6,9H2,1-2H3. The molecule has 0 spiro atoms. The average Bonchev–Trinajstić information content (AvgIpc) is 2.84. The minimum absolute atomic E-state index is 0.184. The fraction of sp³-hybridized carbons (Fsp3) is 0.357. The summed E-state index contributed by atoms with van der Waals surface area (Å²) in [6, 6.07) is 6.84. The Balaban J connectivity index is 1.96. The molecule has 0 aliphatic carbocycles. The van der Waals surface area contributed by atoms with Gasteiger partial charge in [0.15, 0.2) is 0 Å². The fourth-order valence-corrected chi connectivity index (χ4v) is 4.18. The molecule has 0 bridgehead atoms. The van der Waals surface area contributed by atoms with E-state index in [9.17, 15) is 8.42 Å². The maximum Gasteiger partial charge on any atom is 0.241 e. The maximum absolute atomic E-state index is 12.7. The number of nitrogens with zero attached hydrogens (tertiary/aromatic N) is 3. The zero-order chi connectivity index (χ0) is 15.9. The number of rotatable bonds is 3. The molecule has 1 aromatic heterocycles. The Bertz CT molecular complexity index is 803. The lowest BCUT2D eigenvalue weighted by molar-refractivity contribution is 0.392. The maximum atomic E-state index is 12.7. The van der Waals surface area contributed by atoms with Gasteiger partial charge in [0.05, 0.1) is 17.9 Å². The summed E-state index contributed by atoms with van der Waals surface area (Å²) in [7, 11) is -1.61. The molecule has 0 fully saturated rings. The molecule has 0 N–H and O–H groups in total. The molecule has 0 saturated carbocycles. The van der Waals surface area contributed by atoms with E-state index in [-0.39, 0.29) is 5.75 Å². The molecule has 0 radical (unpaired) electrons. The van der Waals surface area contributed by atoms with Gasteiger partial charge in [0.1, 0.15) is 17.2 Å². The van der Waals surface area contributed by atoms with Gasteiger partial charge in [-0.25, -0.2) is 8.42 Å². The number of hydrogen-bond acceptors (Lipinski definition) is 5. The summed E-state index contributed by atoms with van der Waals surface area (Å²) in [5, 5.41) is 4.35. The lowest BCUT2D eigenvalue weighted by atomic mass is 10.2. The molecule has 1 aliphatic rings. The molecule has 0 amide bonds. The van der Waals surface area contributed by atoms with Crippen molar-refractivity contribution < 1.29 is 12.9 Å². The van der Waals surface area contributed by atoms with Gasteiger partial charge in [0.25, 0.3) is 0 Å². The Morgan fingerprint density at radius 1 is 1.27 bits per heavy atom. The van der Waals surface area contributed by atoms with Crippen LogP contribution in [0.4, 0.5) is 11.4 Å². The molecule has 2 aromatic rings. The van der Waals surface area contributed by atoms with Gasteiger partial charge in [0, 0.05) is 24.7 Å². The van der Waals surface area contributed by atoms with E-state index in [1.54, 1.807) is 31.2 Å². The normalized spacial score (nSPS) is 15.0. The van der Waals surface area contributed by atoms with E-state index in [4.69, 9.17) is 16.1 Å². The van der Waals surface area contributed by atoms with E-state index in [1.807, 2.05) is 11.9 Å². The molecule has 2 heterocycles. The Morgan fingerprint density at radius 2 is 2.05 bits per heavy atom. The minimum atomic E-state index is -3.53. The van der Waals surface area contributed by atoms with E-state index in [1.165, 1.54) is 4.31 Å². The van der Waals surface area contributed by atoms with Gasteiger partial charge in [-0.1, -0.05) is 16.8 Å². The number of fused-ring (bicyclic) bond motifs is 1. The van der Waals surface area contributed by atoms with Gasteiger partial charge in [-0.15, -0.1) is 0 Å². The third-order valence-electron chi connectivity index (χ3n) is 3.60. The summed E-state index contributed by atoms with van der Waals surface area (Å²) in [5.41, 5.74) is 1.85. The number of anilines is 2. The third kappa shape index (κ3) is 2.78. The average molecular weight is 342 g/mol. The van der Waals surface area contributed by atoms with Crippen molar-refractivity contribution in [3.63, 3.8) is 0 Å². The van der Waals surface area contributed by atoms with Crippen molar-refractivity contribution in [1.82, 2.24) is 5.16 Å². The molecule has 1 aliphatic heterocycles. The highest BCUT2D eigenvalue weighted by molar-refractivity contribution is 7.92. The monoisotopic (exact) mass is 341 g/mol. The van der Waals surface area contributed by atoms with Crippen LogP contribution < -0.4 is 9.21 Å². The number of benzene rings is 1. The summed E-state index contributed by atoms with van der Waals surface area (Å²) >= 11 is 6.02. The summed E-state index contributed by atoms with van der Waals surface area (Å²) in [4.78, 5) is 1.99. The molecule has 118 valence electrons. The van der Waals surface area contributed by atoms with Crippen LogP contribution in [0.2, 0.25) is 5.02 Å². The number of hydrogen-bond donors (Lipinski definition) is 0. The smallest absolute Gasteiger partial charge is 0.241 e. The van der Waals surface area contributed by atoms with Crippen LogP contribution in [0.3, 0.4) is 0 Å². The molecule has 0 saturated heterocycles. The van der Waals surface area contributed by atoms with Crippen LogP contribution in [-0.2, 0) is 15.8 Å². The summed E-state index contributed by atoms with van der Waals surface area (Å²) in [6.45, 7) is 2.73. The summed E-state index contributed by atoms with van der Waals surface area (Å²) < 4.78 is 31.8. The van der Waals surface area contributed by atoms with Crippen molar-refractivity contribution in [3.8, 4) is 0 Å². The second kappa shape index (κ2) is 5.48. The van der Waals surface area contributed by atoms with Gasteiger partial charge in [0.2, 0.25) is 10.0 Å². The van der Waals surface area contributed by atoms with Crippen molar-refractivity contribution in [3.05, 3.63) is 40.7 Å². The van der Waals surface area contributed by atoms with Crippen LogP contribution in [0.25, 0.3) is 0 Å². The SMILES string of the molecule is Cc1cc(CS(=O)(=O)N2CCN(C)c3cc(Cl)ccc32)no1. The van der Waals surface area contributed by atoms with Crippen LogP contribution in [0.1, 0.15) is 11.5 Å². The van der Waals surface area contributed by atoms with Crippen molar-refractivity contribution in [2.24, 2.45) is 0 Å². The van der Waals surface area contributed by atoms with Crippen molar-refractivity contribution in [2.45, 2.75) is 12.7 Å². The molecule has 1 aromatic carbocycles. The number of halogens is 1. The first-order chi connectivity index (χ1) is 10.4. The number of aromatic nitrogens is 1. The molecule has 0 atom stereocenters. The molecular weight excluding hydrogens is 326 g/mol. The molecule has 22 heavy (non-hydrogen) atoms. The molecule has 0 unspecified atom stereocenters. The van der Waals surface area contributed by atoms with Gasteiger partial charge in [-0.05, 0) is 25.1 Å². The van der Waals surface area contributed by atoms with Crippen molar-refractivity contribution >= 4 is 33.0 Å². The summed E-state index contributed by atoms with van der Waals surface area (Å²) in [5.74, 6) is 0.409. The zero-order valence-electron chi connectivity index (χ0n) is 12.3. The van der Waals surface area contributed by atoms with E-state index < -0.39 is 10.0 Å². The van der Waals surface area contributed by atoms with Crippen molar-refractivity contribution in [2.75, 3.05) is 29.3 Å². The zero-order valence-corrected chi connectivity index (χ0v) is 13.9. The predicted molar refractivity (Wildman–Crippen MR) is 85.9 cm³/mol. The summed E-state index contributed by atoms with van der Waals surface area (Å²) in [6.07, 6.45) is 0. The van der Waals surface area contributed by atoms with Gasteiger partial charge in [-0.2, -0.15) is 0 Å². The van der Waals surface area contributed by atoms with Crippen LogP contribution in [-0.4, -0.2) is 33.7 Å². The van der Waals surface area contributed by atoms with E-state index in [0.29, 0.717) is 35.3 Å². The van der Waals surface area contributed by atoms with Crippen LogP contribution in [0, 0.1) is 6.92 Å². The van der Waals surface area contributed by atoms with Gasteiger partial charge < -0.3 is 9.42 Å². The molecule has 3 rings (SSSR count).